The number of hydrogen-bond acceptors (Lipinski definition) is 5. The number of aromatic nitrogens is 3. The van der Waals surface area contributed by atoms with Crippen LogP contribution in [0.25, 0.3) is 0 Å². The number of amides is 3. The highest BCUT2D eigenvalue weighted by Gasteiger charge is 2.23. The molecule has 2 N–H and O–H groups in total. The smallest absolute Gasteiger partial charge is 0.320 e. The van der Waals surface area contributed by atoms with E-state index >= 15 is 0 Å². The predicted molar refractivity (Wildman–Crippen MR) is 85.8 cm³/mol. The number of rotatable bonds is 3. The molecule has 0 radical (unpaired) electrons. The van der Waals surface area contributed by atoms with E-state index in [1.165, 1.54) is 20.4 Å². The van der Waals surface area contributed by atoms with E-state index in [0.717, 1.165) is 5.69 Å². The van der Waals surface area contributed by atoms with Gasteiger partial charge in [-0.05, 0) is 6.07 Å². The summed E-state index contributed by atoms with van der Waals surface area (Å²) >= 11 is 0. The minimum Gasteiger partial charge on any atom is -0.481 e. The lowest BCUT2D eigenvalue weighted by Crippen LogP contribution is -2.38. The number of ether oxygens (including phenoxy) is 1. The molecule has 2 aromatic rings. The highest BCUT2D eigenvalue weighted by Crippen LogP contribution is 2.19. The predicted octanol–water partition coefficient (Wildman–Crippen LogP) is 0.694. The van der Waals surface area contributed by atoms with Crippen LogP contribution < -0.4 is 15.4 Å². The van der Waals surface area contributed by atoms with E-state index < -0.39 is 0 Å². The van der Waals surface area contributed by atoms with Crippen molar-refractivity contribution >= 4 is 17.8 Å². The zero-order valence-electron chi connectivity index (χ0n) is 13.4. The van der Waals surface area contributed by atoms with Crippen molar-refractivity contribution < 1.29 is 14.3 Å². The van der Waals surface area contributed by atoms with Crippen LogP contribution in [0.1, 0.15) is 16.1 Å². The van der Waals surface area contributed by atoms with Crippen LogP contribution in [0.4, 0.5) is 10.6 Å². The molecule has 0 atom stereocenters. The number of anilines is 1. The number of hydrogen-bond donors (Lipinski definition) is 2. The van der Waals surface area contributed by atoms with Crippen LogP contribution in [-0.4, -0.2) is 52.3 Å². The molecule has 9 heteroatoms. The van der Waals surface area contributed by atoms with Gasteiger partial charge < -0.3 is 15.0 Å². The first-order valence-corrected chi connectivity index (χ1v) is 7.45. The molecule has 2 aromatic heterocycles. The topological polar surface area (TPSA) is 101 Å². The third kappa shape index (κ3) is 3.14. The van der Waals surface area contributed by atoms with Crippen molar-refractivity contribution in [2.45, 2.75) is 13.1 Å². The molecule has 0 saturated carbocycles. The van der Waals surface area contributed by atoms with Crippen LogP contribution in [0.5, 0.6) is 5.88 Å². The summed E-state index contributed by atoms with van der Waals surface area (Å²) in [6, 6.07) is 4.79. The maximum absolute atomic E-state index is 12.6. The molecule has 3 rings (SSSR count). The zero-order valence-corrected chi connectivity index (χ0v) is 13.4. The van der Waals surface area contributed by atoms with Gasteiger partial charge in [0.2, 0.25) is 5.88 Å². The van der Waals surface area contributed by atoms with Crippen molar-refractivity contribution in [2.24, 2.45) is 0 Å². The molecule has 9 nitrogen and oxygen atoms in total. The molecule has 126 valence electrons. The molecular weight excluding hydrogens is 312 g/mol. The maximum Gasteiger partial charge on any atom is 0.320 e. The standard InChI is InChI=1S/C15H18N6O3/c1-16-15(23)18-12-7-11-9-20(5-6-21(11)19-12)14(22)10-3-4-13(24-2)17-8-10/h3-4,7-8H,5-6,9H2,1-2H3,(H2,16,18,19,23). The summed E-state index contributed by atoms with van der Waals surface area (Å²) in [5, 5.41) is 9.40. The first kappa shape index (κ1) is 15.8. The van der Waals surface area contributed by atoms with Gasteiger partial charge in [-0.25, -0.2) is 9.78 Å². The average Bonchev–Trinajstić information content (AvgIpc) is 3.02. The van der Waals surface area contributed by atoms with Crippen LogP contribution in [0.15, 0.2) is 24.4 Å². The molecule has 0 unspecified atom stereocenters. The fourth-order valence-electron chi connectivity index (χ4n) is 2.49. The van der Waals surface area contributed by atoms with Gasteiger partial charge >= 0.3 is 6.03 Å². The van der Waals surface area contributed by atoms with Crippen molar-refractivity contribution in [3.63, 3.8) is 0 Å². The fraction of sp³-hybridized carbons (Fsp3) is 0.333. The van der Waals surface area contributed by atoms with Crippen LogP contribution >= 0.6 is 0 Å². The quantitative estimate of drug-likeness (QED) is 0.862. The fourth-order valence-corrected chi connectivity index (χ4v) is 2.49. The van der Waals surface area contributed by atoms with E-state index in [1.54, 1.807) is 27.8 Å². The Balaban J connectivity index is 1.71. The number of fused-ring (bicyclic) bond motifs is 1. The average molecular weight is 330 g/mol. The van der Waals surface area contributed by atoms with Crippen LogP contribution in [0.3, 0.4) is 0 Å². The van der Waals surface area contributed by atoms with E-state index in [2.05, 4.69) is 20.7 Å². The monoisotopic (exact) mass is 330 g/mol. The summed E-state index contributed by atoms with van der Waals surface area (Å²) in [6.45, 7) is 1.53. The summed E-state index contributed by atoms with van der Waals surface area (Å²) in [4.78, 5) is 29.7. The van der Waals surface area contributed by atoms with Gasteiger partial charge in [-0.3, -0.25) is 14.8 Å². The molecule has 3 amide bonds. The van der Waals surface area contributed by atoms with Crippen molar-refractivity contribution in [1.82, 2.24) is 25.0 Å². The van der Waals surface area contributed by atoms with E-state index in [4.69, 9.17) is 4.74 Å². The minimum atomic E-state index is -0.331. The normalized spacial score (nSPS) is 13.2. The van der Waals surface area contributed by atoms with Crippen LogP contribution in [0, 0.1) is 0 Å². The number of urea groups is 1. The highest BCUT2D eigenvalue weighted by atomic mass is 16.5. The summed E-state index contributed by atoms with van der Waals surface area (Å²) in [6.07, 6.45) is 1.51. The lowest BCUT2D eigenvalue weighted by molar-refractivity contribution is 0.0705. The summed E-state index contributed by atoms with van der Waals surface area (Å²) in [5.41, 5.74) is 1.37. The molecule has 24 heavy (non-hydrogen) atoms. The number of methoxy groups -OCH3 is 1. The molecule has 3 heterocycles. The van der Waals surface area contributed by atoms with Crippen molar-refractivity contribution in [1.29, 1.82) is 0 Å². The van der Waals surface area contributed by atoms with Crippen molar-refractivity contribution in [3.8, 4) is 5.88 Å². The molecule has 0 fully saturated rings. The molecular formula is C15H18N6O3. The molecule has 0 spiro atoms. The Morgan fingerprint density at radius 1 is 1.29 bits per heavy atom. The van der Waals surface area contributed by atoms with Gasteiger partial charge in [0, 0.05) is 31.9 Å². The summed E-state index contributed by atoms with van der Waals surface area (Å²) < 4.78 is 6.79. The molecule has 0 saturated heterocycles. The van der Waals surface area contributed by atoms with E-state index in [-0.39, 0.29) is 11.9 Å². The molecule has 1 aliphatic heterocycles. The largest absolute Gasteiger partial charge is 0.481 e. The minimum absolute atomic E-state index is 0.0987. The second-order valence-corrected chi connectivity index (χ2v) is 5.26. The number of carbonyl (C=O) groups excluding carboxylic acids is 2. The first-order chi connectivity index (χ1) is 11.6. The Morgan fingerprint density at radius 3 is 2.79 bits per heavy atom. The molecule has 0 bridgehead atoms. The zero-order chi connectivity index (χ0) is 17.1. The summed E-state index contributed by atoms with van der Waals surface area (Å²) in [5.74, 6) is 0.830. The van der Waals surface area contributed by atoms with Gasteiger partial charge in [-0.1, -0.05) is 0 Å². The lowest BCUT2D eigenvalue weighted by atomic mass is 10.2. The van der Waals surface area contributed by atoms with E-state index in [0.29, 0.717) is 36.9 Å². The number of nitrogens with one attached hydrogen (secondary N) is 2. The molecule has 0 aliphatic carbocycles. The Hall–Kier alpha value is -3.10. The Morgan fingerprint density at radius 2 is 2.12 bits per heavy atom. The Bertz CT molecular complexity index is 755. The van der Waals surface area contributed by atoms with Crippen LogP contribution in [0.2, 0.25) is 0 Å². The van der Waals surface area contributed by atoms with Crippen molar-refractivity contribution in [3.05, 3.63) is 35.7 Å². The van der Waals surface area contributed by atoms with E-state index in [1.807, 2.05) is 0 Å². The van der Waals surface area contributed by atoms with Gasteiger partial charge in [0.1, 0.15) is 0 Å². The second-order valence-electron chi connectivity index (χ2n) is 5.26. The highest BCUT2D eigenvalue weighted by molar-refractivity contribution is 5.94. The number of pyridine rings is 1. The third-order valence-corrected chi connectivity index (χ3v) is 3.75. The number of carbonyl (C=O) groups is 2. The van der Waals surface area contributed by atoms with Crippen molar-refractivity contribution in [2.75, 3.05) is 26.0 Å². The number of nitrogens with zero attached hydrogens (tertiary/aromatic N) is 4. The third-order valence-electron chi connectivity index (χ3n) is 3.75. The Kier molecular flexibility index (Phi) is 4.32. The second kappa shape index (κ2) is 6.57. The van der Waals surface area contributed by atoms with Gasteiger partial charge in [0.15, 0.2) is 5.82 Å². The lowest BCUT2D eigenvalue weighted by Gasteiger charge is -2.27. The van der Waals surface area contributed by atoms with Gasteiger partial charge in [-0.15, -0.1) is 0 Å². The molecule has 1 aliphatic rings. The van der Waals surface area contributed by atoms with E-state index in [9.17, 15) is 9.59 Å². The van der Waals surface area contributed by atoms with Gasteiger partial charge in [-0.2, -0.15) is 5.10 Å². The molecule has 0 aromatic carbocycles. The Labute approximate surface area is 138 Å². The summed E-state index contributed by atoms with van der Waals surface area (Å²) in [7, 11) is 3.06. The van der Waals surface area contributed by atoms with Gasteiger partial charge in [0.05, 0.1) is 31.5 Å². The SMILES string of the molecule is CNC(=O)Nc1cc2n(n1)CCN(C(=O)c1ccc(OC)nc1)C2. The van der Waals surface area contributed by atoms with Crippen LogP contribution in [-0.2, 0) is 13.1 Å². The first-order valence-electron chi connectivity index (χ1n) is 7.45. The van der Waals surface area contributed by atoms with Gasteiger partial charge in [0.25, 0.3) is 5.91 Å². The maximum atomic E-state index is 12.6.